The van der Waals surface area contributed by atoms with E-state index in [0.29, 0.717) is 31.7 Å². The van der Waals surface area contributed by atoms with Crippen molar-refractivity contribution in [3.05, 3.63) is 110 Å². The zero-order valence-electron chi connectivity index (χ0n) is 19.3. The van der Waals surface area contributed by atoms with Crippen molar-refractivity contribution < 1.29 is 37.8 Å². The number of carboxylic acid groups (broad SMARTS) is 1. The van der Waals surface area contributed by atoms with Crippen LogP contribution in [0.5, 0.6) is 0 Å². The number of hydrogen-bond acceptors (Lipinski definition) is 6. The minimum atomic E-state index is -4.58. The van der Waals surface area contributed by atoms with Crippen molar-refractivity contribution in [3.8, 4) is 11.3 Å². The maximum atomic E-state index is 12.8. The van der Waals surface area contributed by atoms with Crippen LogP contribution in [-0.4, -0.2) is 21.6 Å². The molecule has 4 aromatic rings. The molecule has 0 fully saturated rings. The van der Waals surface area contributed by atoms with Crippen molar-refractivity contribution >= 4 is 46.7 Å². The second-order valence-corrected chi connectivity index (χ2v) is 11.5. The van der Waals surface area contributed by atoms with Gasteiger partial charge in [-0.2, -0.15) is 4.99 Å². The Hall–Kier alpha value is -3.28. The normalized spacial score (nSPS) is 12.0. The third-order valence-corrected chi connectivity index (χ3v) is 8.23. The van der Waals surface area contributed by atoms with Crippen LogP contribution < -0.4 is 4.80 Å². The van der Waals surface area contributed by atoms with Gasteiger partial charge in [0.1, 0.15) is 0 Å². The van der Waals surface area contributed by atoms with Gasteiger partial charge in [0.15, 0.2) is 4.80 Å². The summed E-state index contributed by atoms with van der Waals surface area (Å²) in [5.41, 5.74) is 2.95. The molecule has 0 bridgehead atoms. The average Bonchev–Trinajstić information content (AvgIpc) is 3.32. The molecule has 1 aromatic heterocycles. The predicted octanol–water partition coefficient (Wildman–Crippen LogP) is 6.96. The molecule has 0 saturated carbocycles. The highest BCUT2D eigenvalue weighted by molar-refractivity contribution is 9.10. The number of amides is 1. The Labute approximate surface area is 227 Å². The number of carbonyl (C=O) groups is 2. The molecule has 0 aliphatic heterocycles. The second-order valence-electron chi connectivity index (χ2n) is 7.99. The molecule has 1 heterocycles. The molecule has 4 rings (SSSR count). The number of carbonyl (C=O) groups excluding carboxylic acids is 1. The van der Waals surface area contributed by atoms with E-state index in [0.717, 1.165) is 0 Å². The van der Waals surface area contributed by atoms with Crippen LogP contribution in [0.25, 0.3) is 11.3 Å². The number of nitrogens with zero attached hydrogens (tertiary/aromatic N) is 2. The number of aromatic nitrogens is 1. The molecule has 8 nitrogen and oxygen atoms in total. The van der Waals surface area contributed by atoms with Gasteiger partial charge in [0.25, 0.3) is 5.91 Å². The van der Waals surface area contributed by atoms with Crippen molar-refractivity contribution in [1.29, 1.82) is 0 Å². The number of aromatic carboxylic acids is 1. The van der Waals surface area contributed by atoms with Crippen molar-refractivity contribution in [3.63, 3.8) is 0 Å². The van der Waals surface area contributed by atoms with E-state index in [1.807, 2.05) is 5.38 Å². The molecule has 0 aliphatic carbocycles. The van der Waals surface area contributed by atoms with Crippen LogP contribution in [0.3, 0.4) is 0 Å². The lowest BCUT2D eigenvalue weighted by Crippen LogP contribution is -2.19. The minimum absolute atomic E-state index is 0.131. The smallest absolute Gasteiger partial charge is 0.399 e. The van der Waals surface area contributed by atoms with Gasteiger partial charge >= 0.3 is 13.6 Å². The molecular formula is C25H18BrF2N2O6PS. The van der Waals surface area contributed by atoms with Crippen LogP contribution in [0.2, 0.25) is 0 Å². The summed E-state index contributed by atoms with van der Waals surface area (Å²) in [5.74, 6) is -1.48. The quantitative estimate of drug-likeness (QED) is 0.202. The first-order valence-electron chi connectivity index (χ1n) is 10.9. The first-order valence-corrected chi connectivity index (χ1v) is 14.3. The summed E-state index contributed by atoms with van der Waals surface area (Å²) < 4.78 is 45.5. The summed E-state index contributed by atoms with van der Waals surface area (Å²) in [5, 5.41) is 11.0. The Balaban J connectivity index is 1.75. The fourth-order valence-electron chi connectivity index (χ4n) is 3.59. The van der Waals surface area contributed by atoms with E-state index in [4.69, 9.17) is 0 Å². The molecule has 0 radical (unpaired) electrons. The first kappa shape index (κ1) is 27.7. The fourth-order valence-corrected chi connectivity index (χ4v) is 6.09. The summed E-state index contributed by atoms with van der Waals surface area (Å²) in [4.78, 5) is 28.8. The zero-order valence-corrected chi connectivity index (χ0v) is 22.6. The standard InChI is InChI=1S/C25H18BrF2N2O6PS/c26-21-12-16(6-7-20(21)14-37(34,35-27)36-28)13-30-22(17-8-10-19(11-9-17)24(32)33)15-38-25(30)29-23(31)18-4-2-1-3-5-18/h1-12,15H,13-14H2,(H,32,33). The molecule has 1 amide bonds. The molecule has 0 spiro atoms. The minimum Gasteiger partial charge on any atom is -0.478 e. The van der Waals surface area contributed by atoms with Gasteiger partial charge in [-0.1, -0.05) is 58.4 Å². The number of carboxylic acids is 1. The lowest BCUT2D eigenvalue weighted by atomic mass is 10.1. The molecular weight excluding hydrogens is 605 g/mol. The first-order chi connectivity index (χ1) is 18.2. The Morgan fingerprint density at radius 2 is 1.68 bits per heavy atom. The van der Waals surface area contributed by atoms with E-state index < -0.39 is 25.6 Å². The van der Waals surface area contributed by atoms with Gasteiger partial charge in [-0.3, -0.25) is 9.36 Å². The number of thiazole rings is 1. The Bertz CT molecular complexity index is 1580. The third-order valence-electron chi connectivity index (χ3n) is 5.48. The molecule has 3 aromatic carbocycles. The van der Waals surface area contributed by atoms with Gasteiger partial charge in [-0.05, 0) is 56.1 Å². The van der Waals surface area contributed by atoms with Crippen molar-refractivity contribution in [2.24, 2.45) is 4.99 Å². The highest BCUT2D eigenvalue weighted by Gasteiger charge is 2.29. The number of halogens is 3. The van der Waals surface area contributed by atoms with Gasteiger partial charge < -0.3 is 9.67 Å². The summed E-state index contributed by atoms with van der Waals surface area (Å²) in [6.07, 6.45) is -0.639. The lowest BCUT2D eigenvalue weighted by Gasteiger charge is -2.13. The van der Waals surface area contributed by atoms with E-state index in [1.165, 1.54) is 29.5 Å². The second kappa shape index (κ2) is 12.1. The van der Waals surface area contributed by atoms with Crippen molar-refractivity contribution in [2.75, 3.05) is 0 Å². The highest BCUT2D eigenvalue weighted by Crippen LogP contribution is 2.53. The zero-order chi connectivity index (χ0) is 27.3. The van der Waals surface area contributed by atoms with Crippen LogP contribution in [-0.2, 0) is 26.7 Å². The SMILES string of the molecule is O=C(O)c1ccc(-c2csc(=NC(=O)c3ccccc3)n2Cc2ccc(CP(=O)(OF)OF)c(Br)c2)cc1. The van der Waals surface area contributed by atoms with Crippen LogP contribution >= 0.6 is 34.9 Å². The fraction of sp³-hybridized carbons (Fsp3) is 0.0800. The van der Waals surface area contributed by atoms with Crippen LogP contribution in [0.15, 0.2) is 87.6 Å². The Morgan fingerprint density at radius 3 is 2.29 bits per heavy atom. The molecule has 0 saturated heterocycles. The van der Waals surface area contributed by atoms with Crippen LogP contribution in [0, 0.1) is 0 Å². The van der Waals surface area contributed by atoms with E-state index in [1.54, 1.807) is 59.2 Å². The molecule has 0 atom stereocenters. The van der Waals surface area contributed by atoms with E-state index in [2.05, 4.69) is 30.4 Å². The van der Waals surface area contributed by atoms with Gasteiger partial charge in [0.05, 0.1) is 24.0 Å². The van der Waals surface area contributed by atoms with Gasteiger partial charge in [-0.25, -0.2) is 4.79 Å². The summed E-state index contributed by atoms with van der Waals surface area (Å²) >= 11 is 4.56. The Morgan fingerprint density at radius 1 is 1.00 bits per heavy atom. The largest absolute Gasteiger partial charge is 0.478 e. The van der Waals surface area contributed by atoms with Gasteiger partial charge in [0, 0.05) is 15.4 Å². The van der Waals surface area contributed by atoms with Gasteiger partial charge in [0.2, 0.25) is 0 Å². The number of rotatable bonds is 9. The summed E-state index contributed by atoms with van der Waals surface area (Å²) in [7, 11) is -4.58. The van der Waals surface area contributed by atoms with E-state index in [9.17, 15) is 28.3 Å². The molecule has 13 heteroatoms. The average molecular weight is 623 g/mol. The van der Waals surface area contributed by atoms with Crippen LogP contribution in [0.1, 0.15) is 31.8 Å². The molecule has 0 aliphatic rings. The van der Waals surface area contributed by atoms with Crippen molar-refractivity contribution in [1.82, 2.24) is 4.57 Å². The van der Waals surface area contributed by atoms with Crippen LogP contribution in [0.4, 0.5) is 9.05 Å². The molecule has 0 unspecified atom stereocenters. The Kier molecular flexibility index (Phi) is 8.80. The third kappa shape index (κ3) is 6.40. The monoisotopic (exact) mass is 622 g/mol. The maximum Gasteiger partial charge on any atom is 0.399 e. The lowest BCUT2D eigenvalue weighted by molar-refractivity contribution is -0.0881. The molecule has 38 heavy (non-hydrogen) atoms. The topological polar surface area (TPSA) is 107 Å². The number of hydrogen-bond donors (Lipinski definition) is 1. The highest BCUT2D eigenvalue weighted by atomic mass is 79.9. The molecule has 1 N–H and O–H groups in total. The number of benzene rings is 3. The van der Waals surface area contributed by atoms with Crippen molar-refractivity contribution in [2.45, 2.75) is 12.7 Å². The molecule has 196 valence electrons. The van der Waals surface area contributed by atoms with E-state index >= 15 is 0 Å². The summed E-state index contributed by atoms with van der Waals surface area (Å²) in [6, 6.07) is 19.7. The predicted molar refractivity (Wildman–Crippen MR) is 140 cm³/mol. The van der Waals surface area contributed by atoms with E-state index in [-0.39, 0.29) is 17.7 Å². The summed E-state index contributed by atoms with van der Waals surface area (Å²) in [6.45, 7) is 0.232. The maximum absolute atomic E-state index is 12.8. The van der Waals surface area contributed by atoms with Gasteiger partial charge in [-0.15, -0.1) is 20.8 Å².